The summed E-state index contributed by atoms with van der Waals surface area (Å²) in [7, 11) is 0. The molecule has 0 radical (unpaired) electrons. The van der Waals surface area contributed by atoms with Gasteiger partial charge >= 0.3 is 0 Å². The zero-order chi connectivity index (χ0) is 17.8. The van der Waals surface area contributed by atoms with Gasteiger partial charge in [0.25, 0.3) is 5.91 Å². The molecule has 0 aliphatic heterocycles. The van der Waals surface area contributed by atoms with E-state index in [0.717, 1.165) is 22.5 Å². The van der Waals surface area contributed by atoms with Crippen LogP contribution in [-0.4, -0.2) is 20.4 Å². The van der Waals surface area contributed by atoms with Gasteiger partial charge in [-0.1, -0.05) is 6.07 Å². The minimum Gasteiger partial charge on any atom is -0.508 e. The Morgan fingerprint density at radius 2 is 1.88 bits per heavy atom. The zero-order valence-corrected chi connectivity index (χ0v) is 14.1. The number of amides is 1. The molecule has 0 unspecified atom stereocenters. The van der Waals surface area contributed by atoms with E-state index in [0.29, 0.717) is 16.8 Å². The SMILES string of the molecule is Cc1ccc(O)c(C)c1-c1cn2c(C)c(C)nc2c(C(N)=O)c1N. The molecule has 0 saturated heterocycles. The Morgan fingerprint density at radius 1 is 1.21 bits per heavy atom. The number of rotatable bonds is 2. The number of aryl methyl sites for hydroxylation is 3. The smallest absolute Gasteiger partial charge is 0.254 e. The normalized spacial score (nSPS) is 11.2. The Balaban J connectivity index is 2.51. The minimum atomic E-state index is -0.625. The van der Waals surface area contributed by atoms with Crippen LogP contribution in [-0.2, 0) is 0 Å². The van der Waals surface area contributed by atoms with Gasteiger partial charge in [0.15, 0.2) is 5.65 Å². The molecule has 2 aromatic heterocycles. The number of phenolic OH excluding ortho intramolecular Hbond substituents is 1. The number of phenols is 1. The van der Waals surface area contributed by atoms with Crippen LogP contribution in [0.3, 0.4) is 0 Å². The number of hydrogen-bond donors (Lipinski definition) is 3. The molecule has 0 aliphatic carbocycles. The van der Waals surface area contributed by atoms with Crippen molar-refractivity contribution in [1.29, 1.82) is 0 Å². The lowest BCUT2D eigenvalue weighted by Crippen LogP contribution is -2.16. The highest BCUT2D eigenvalue weighted by atomic mass is 16.3. The van der Waals surface area contributed by atoms with Crippen molar-refractivity contribution in [3.8, 4) is 16.9 Å². The van der Waals surface area contributed by atoms with Crippen LogP contribution in [0.2, 0.25) is 0 Å². The second-order valence-electron chi connectivity index (χ2n) is 6.07. The quantitative estimate of drug-likeness (QED) is 0.673. The Hall–Kier alpha value is -3.02. The first-order valence-electron chi connectivity index (χ1n) is 7.61. The van der Waals surface area contributed by atoms with Gasteiger partial charge in [0.1, 0.15) is 11.3 Å². The van der Waals surface area contributed by atoms with Gasteiger partial charge < -0.3 is 21.0 Å². The highest BCUT2D eigenvalue weighted by molar-refractivity contribution is 6.07. The molecule has 5 N–H and O–H groups in total. The molecule has 24 heavy (non-hydrogen) atoms. The molecule has 6 heteroatoms. The molecule has 3 rings (SSSR count). The van der Waals surface area contributed by atoms with E-state index in [1.807, 2.05) is 44.4 Å². The summed E-state index contributed by atoms with van der Waals surface area (Å²) in [5, 5.41) is 10.1. The number of nitrogen functional groups attached to an aromatic ring is 1. The van der Waals surface area contributed by atoms with Crippen molar-refractivity contribution in [2.75, 3.05) is 5.73 Å². The van der Waals surface area contributed by atoms with Crippen molar-refractivity contribution in [2.45, 2.75) is 27.7 Å². The van der Waals surface area contributed by atoms with E-state index in [1.54, 1.807) is 6.07 Å². The van der Waals surface area contributed by atoms with E-state index in [-0.39, 0.29) is 17.0 Å². The Bertz CT molecular complexity index is 1000. The number of imidazole rings is 1. The molecule has 2 heterocycles. The number of fused-ring (bicyclic) bond motifs is 1. The van der Waals surface area contributed by atoms with Crippen LogP contribution >= 0.6 is 0 Å². The number of nitrogens with two attached hydrogens (primary N) is 2. The largest absolute Gasteiger partial charge is 0.508 e. The molecule has 124 valence electrons. The first kappa shape index (κ1) is 15.9. The molecule has 0 bridgehead atoms. The number of carbonyl (C=O) groups is 1. The van der Waals surface area contributed by atoms with Gasteiger partial charge in [0.05, 0.1) is 11.4 Å². The number of benzene rings is 1. The molecular weight excluding hydrogens is 304 g/mol. The standard InChI is InChI=1S/C18H20N4O2/c1-8-5-6-13(23)9(2)14(8)12-7-22-11(4)10(3)21-18(22)15(16(12)19)17(20)24/h5-7,23H,19H2,1-4H3,(H2,20,24). The summed E-state index contributed by atoms with van der Waals surface area (Å²) < 4.78 is 1.82. The van der Waals surface area contributed by atoms with Crippen LogP contribution in [0.5, 0.6) is 5.75 Å². The van der Waals surface area contributed by atoms with Gasteiger partial charge in [-0.25, -0.2) is 4.98 Å². The van der Waals surface area contributed by atoms with E-state index >= 15 is 0 Å². The van der Waals surface area contributed by atoms with Crippen molar-refractivity contribution >= 4 is 17.2 Å². The van der Waals surface area contributed by atoms with Gasteiger partial charge in [-0.3, -0.25) is 4.79 Å². The lowest BCUT2D eigenvalue weighted by molar-refractivity contribution is 0.100. The zero-order valence-electron chi connectivity index (χ0n) is 14.1. The first-order chi connectivity index (χ1) is 11.2. The van der Waals surface area contributed by atoms with Gasteiger partial charge in [0.2, 0.25) is 0 Å². The number of pyridine rings is 1. The van der Waals surface area contributed by atoms with E-state index in [9.17, 15) is 9.90 Å². The number of aromatic hydroxyl groups is 1. The third kappa shape index (κ3) is 2.11. The van der Waals surface area contributed by atoms with Gasteiger partial charge in [-0.15, -0.1) is 0 Å². The second-order valence-corrected chi connectivity index (χ2v) is 6.07. The number of anilines is 1. The van der Waals surface area contributed by atoms with E-state index in [1.165, 1.54) is 0 Å². The van der Waals surface area contributed by atoms with Gasteiger partial charge in [-0.05, 0) is 50.5 Å². The van der Waals surface area contributed by atoms with E-state index in [2.05, 4.69) is 4.98 Å². The fourth-order valence-corrected chi connectivity index (χ4v) is 3.11. The number of primary amides is 1. The van der Waals surface area contributed by atoms with Crippen molar-refractivity contribution in [3.05, 3.63) is 46.4 Å². The van der Waals surface area contributed by atoms with Crippen molar-refractivity contribution in [1.82, 2.24) is 9.38 Å². The fourth-order valence-electron chi connectivity index (χ4n) is 3.11. The second kappa shape index (κ2) is 5.26. The molecule has 1 aromatic carbocycles. The van der Waals surface area contributed by atoms with Crippen LogP contribution in [0, 0.1) is 27.7 Å². The molecular formula is C18H20N4O2. The fraction of sp³-hybridized carbons (Fsp3) is 0.222. The predicted molar refractivity (Wildman–Crippen MR) is 94.2 cm³/mol. The Labute approximate surface area is 139 Å². The number of hydrogen-bond acceptors (Lipinski definition) is 4. The number of carbonyl (C=O) groups excluding carboxylic acids is 1. The van der Waals surface area contributed by atoms with Crippen molar-refractivity contribution < 1.29 is 9.90 Å². The summed E-state index contributed by atoms with van der Waals surface area (Å²) in [6, 6.07) is 3.46. The number of aromatic nitrogens is 2. The molecule has 1 amide bonds. The van der Waals surface area contributed by atoms with Crippen LogP contribution in [0.1, 0.15) is 32.9 Å². The Kier molecular flexibility index (Phi) is 3.48. The third-order valence-electron chi connectivity index (χ3n) is 4.59. The first-order valence-corrected chi connectivity index (χ1v) is 7.61. The van der Waals surface area contributed by atoms with Gasteiger partial charge in [-0.2, -0.15) is 0 Å². The third-order valence-corrected chi connectivity index (χ3v) is 4.59. The van der Waals surface area contributed by atoms with Crippen LogP contribution in [0.25, 0.3) is 16.8 Å². The topological polar surface area (TPSA) is 107 Å². The lowest BCUT2D eigenvalue weighted by Gasteiger charge is -2.16. The van der Waals surface area contributed by atoms with Crippen LogP contribution in [0.4, 0.5) is 5.69 Å². The molecule has 0 fully saturated rings. The van der Waals surface area contributed by atoms with Crippen molar-refractivity contribution in [3.63, 3.8) is 0 Å². The molecule has 0 saturated carbocycles. The molecule has 0 atom stereocenters. The maximum atomic E-state index is 12.0. The summed E-state index contributed by atoms with van der Waals surface area (Å²) in [6.45, 7) is 7.54. The van der Waals surface area contributed by atoms with E-state index in [4.69, 9.17) is 11.5 Å². The van der Waals surface area contributed by atoms with Gasteiger partial charge in [0, 0.05) is 17.5 Å². The summed E-state index contributed by atoms with van der Waals surface area (Å²) in [4.78, 5) is 16.4. The molecule has 0 spiro atoms. The van der Waals surface area contributed by atoms with E-state index < -0.39 is 5.91 Å². The average molecular weight is 324 g/mol. The summed E-state index contributed by atoms with van der Waals surface area (Å²) in [5.74, 6) is -0.450. The molecule has 0 aliphatic rings. The lowest BCUT2D eigenvalue weighted by atomic mass is 9.93. The van der Waals surface area contributed by atoms with Crippen LogP contribution in [0.15, 0.2) is 18.3 Å². The van der Waals surface area contributed by atoms with Crippen LogP contribution < -0.4 is 11.5 Å². The molecule has 6 nitrogen and oxygen atoms in total. The molecule has 3 aromatic rings. The summed E-state index contributed by atoms with van der Waals surface area (Å²) >= 11 is 0. The summed E-state index contributed by atoms with van der Waals surface area (Å²) in [6.07, 6.45) is 1.85. The monoisotopic (exact) mass is 324 g/mol. The minimum absolute atomic E-state index is 0.175. The maximum Gasteiger partial charge on any atom is 0.254 e. The average Bonchev–Trinajstić information content (AvgIpc) is 2.78. The number of nitrogens with zero attached hydrogens (tertiary/aromatic N) is 2. The maximum absolute atomic E-state index is 12.0. The van der Waals surface area contributed by atoms with Crippen molar-refractivity contribution in [2.24, 2.45) is 5.73 Å². The highest BCUT2D eigenvalue weighted by Crippen LogP contribution is 2.38. The summed E-state index contributed by atoms with van der Waals surface area (Å²) in [5.41, 5.74) is 17.6. The highest BCUT2D eigenvalue weighted by Gasteiger charge is 2.22. The predicted octanol–water partition coefficient (Wildman–Crippen LogP) is 2.62. The Morgan fingerprint density at radius 3 is 2.50 bits per heavy atom.